The second kappa shape index (κ2) is 8.55. The lowest BCUT2D eigenvalue weighted by atomic mass is 10.1. The lowest BCUT2D eigenvalue weighted by Gasteiger charge is -2.11. The number of fused-ring (bicyclic) bond motifs is 1. The van der Waals surface area contributed by atoms with Crippen LogP contribution in [0.15, 0.2) is 71.6 Å². The standard InChI is InChI=1S/C22H25NO3S/c1-17(2)26-21-11-5-7-18(15-21)8-6-14-23-27(24,25)22-13-12-19-9-3-4-10-20(19)16-22/h3-5,7,9-13,15-17,23H,6,8,14H2,1-2H3. The quantitative estimate of drug-likeness (QED) is 0.581. The van der Waals surface area contributed by atoms with Gasteiger partial charge >= 0.3 is 0 Å². The maximum atomic E-state index is 12.5. The number of benzene rings is 3. The number of hydrogen-bond donors (Lipinski definition) is 1. The Hall–Kier alpha value is -2.37. The molecule has 0 amide bonds. The molecule has 3 aromatic carbocycles. The van der Waals surface area contributed by atoms with Crippen molar-refractivity contribution in [1.29, 1.82) is 0 Å². The molecule has 0 saturated carbocycles. The van der Waals surface area contributed by atoms with Crippen LogP contribution in [0.25, 0.3) is 10.8 Å². The van der Waals surface area contributed by atoms with Gasteiger partial charge in [-0.1, -0.05) is 42.5 Å². The van der Waals surface area contributed by atoms with Crippen LogP contribution >= 0.6 is 0 Å². The van der Waals surface area contributed by atoms with Crippen molar-refractivity contribution in [3.8, 4) is 5.75 Å². The number of aryl methyl sites for hydroxylation is 1. The van der Waals surface area contributed by atoms with Crippen molar-refractivity contribution < 1.29 is 13.2 Å². The summed E-state index contributed by atoms with van der Waals surface area (Å²) < 4.78 is 33.5. The first-order chi connectivity index (χ1) is 12.9. The normalized spacial score (nSPS) is 11.8. The van der Waals surface area contributed by atoms with Gasteiger partial charge in [0.1, 0.15) is 5.75 Å². The molecule has 0 aliphatic carbocycles. The minimum Gasteiger partial charge on any atom is -0.491 e. The zero-order valence-corrected chi connectivity index (χ0v) is 16.5. The molecule has 0 unspecified atom stereocenters. The number of nitrogens with one attached hydrogen (secondary N) is 1. The van der Waals surface area contributed by atoms with Gasteiger partial charge in [0.05, 0.1) is 11.0 Å². The molecule has 0 aliphatic rings. The van der Waals surface area contributed by atoms with Crippen LogP contribution in [0.5, 0.6) is 5.75 Å². The van der Waals surface area contributed by atoms with Gasteiger partial charge in [-0.05, 0) is 67.3 Å². The van der Waals surface area contributed by atoms with Gasteiger partial charge in [0, 0.05) is 6.54 Å². The molecule has 3 rings (SSSR count). The summed E-state index contributed by atoms with van der Waals surface area (Å²) in [4.78, 5) is 0.300. The summed E-state index contributed by atoms with van der Waals surface area (Å²) in [5.74, 6) is 0.847. The maximum Gasteiger partial charge on any atom is 0.240 e. The van der Waals surface area contributed by atoms with E-state index in [0.29, 0.717) is 11.4 Å². The summed E-state index contributed by atoms with van der Waals surface area (Å²) in [5, 5.41) is 1.95. The molecular weight excluding hydrogens is 358 g/mol. The zero-order valence-electron chi connectivity index (χ0n) is 15.7. The zero-order chi connectivity index (χ0) is 19.3. The second-order valence-corrected chi connectivity index (χ2v) is 8.59. The van der Waals surface area contributed by atoms with Gasteiger partial charge in [-0.3, -0.25) is 0 Å². The van der Waals surface area contributed by atoms with Crippen LogP contribution in [0, 0.1) is 0 Å². The summed E-state index contributed by atoms with van der Waals surface area (Å²) in [5.41, 5.74) is 1.14. The van der Waals surface area contributed by atoms with E-state index < -0.39 is 10.0 Å². The van der Waals surface area contributed by atoms with Crippen LogP contribution in [0.3, 0.4) is 0 Å². The lowest BCUT2D eigenvalue weighted by Crippen LogP contribution is -2.25. The van der Waals surface area contributed by atoms with E-state index >= 15 is 0 Å². The first-order valence-electron chi connectivity index (χ1n) is 9.18. The number of ether oxygens (including phenoxy) is 1. The molecule has 0 heterocycles. The minimum absolute atomic E-state index is 0.133. The Bertz CT molecular complexity index is 1010. The number of sulfonamides is 1. The average molecular weight is 384 g/mol. The van der Waals surface area contributed by atoms with Crippen LogP contribution in [-0.2, 0) is 16.4 Å². The Morgan fingerprint density at radius 3 is 2.48 bits per heavy atom. The third-order valence-corrected chi connectivity index (χ3v) is 5.69. The molecule has 0 aliphatic heterocycles. The smallest absolute Gasteiger partial charge is 0.240 e. The average Bonchev–Trinajstić information content (AvgIpc) is 2.65. The first-order valence-corrected chi connectivity index (χ1v) is 10.7. The van der Waals surface area contributed by atoms with Crippen LogP contribution in [0.1, 0.15) is 25.8 Å². The van der Waals surface area contributed by atoms with Crippen molar-refractivity contribution >= 4 is 20.8 Å². The van der Waals surface area contributed by atoms with Crippen molar-refractivity contribution in [1.82, 2.24) is 4.72 Å². The van der Waals surface area contributed by atoms with Crippen molar-refractivity contribution in [3.63, 3.8) is 0 Å². The van der Waals surface area contributed by atoms with Crippen LogP contribution < -0.4 is 9.46 Å². The van der Waals surface area contributed by atoms with Gasteiger partial charge in [-0.2, -0.15) is 0 Å². The van der Waals surface area contributed by atoms with E-state index in [1.54, 1.807) is 12.1 Å². The predicted molar refractivity (Wildman–Crippen MR) is 110 cm³/mol. The summed E-state index contributed by atoms with van der Waals surface area (Å²) in [6.07, 6.45) is 1.64. The first kappa shape index (κ1) is 19.4. The minimum atomic E-state index is -3.50. The summed E-state index contributed by atoms with van der Waals surface area (Å²) in [6, 6.07) is 20.9. The highest BCUT2D eigenvalue weighted by Crippen LogP contribution is 2.19. The highest BCUT2D eigenvalue weighted by molar-refractivity contribution is 7.89. The van der Waals surface area contributed by atoms with Crippen molar-refractivity contribution in [2.45, 2.75) is 37.7 Å². The third kappa shape index (κ3) is 5.31. The summed E-state index contributed by atoms with van der Waals surface area (Å²) in [7, 11) is -3.50. The Morgan fingerprint density at radius 2 is 1.70 bits per heavy atom. The summed E-state index contributed by atoms with van der Waals surface area (Å²) >= 11 is 0. The Labute approximate surface area is 161 Å². The van der Waals surface area contributed by atoms with Gasteiger partial charge in [0.25, 0.3) is 0 Å². The van der Waals surface area contributed by atoms with E-state index in [4.69, 9.17) is 4.74 Å². The lowest BCUT2D eigenvalue weighted by molar-refractivity contribution is 0.242. The molecule has 0 radical (unpaired) electrons. The van der Waals surface area contributed by atoms with E-state index in [0.717, 1.165) is 34.9 Å². The molecule has 0 aromatic heterocycles. The molecule has 0 bridgehead atoms. The van der Waals surface area contributed by atoms with Crippen LogP contribution in [0.2, 0.25) is 0 Å². The molecule has 3 aromatic rings. The van der Waals surface area contributed by atoms with Crippen molar-refractivity contribution in [3.05, 3.63) is 72.3 Å². The largest absolute Gasteiger partial charge is 0.491 e. The van der Waals surface area contributed by atoms with E-state index in [-0.39, 0.29) is 6.10 Å². The molecule has 0 atom stereocenters. The number of rotatable bonds is 8. The van der Waals surface area contributed by atoms with Crippen LogP contribution in [-0.4, -0.2) is 21.1 Å². The van der Waals surface area contributed by atoms with Crippen LogP contribution in [0.4, 0.5) is 0 Å². The van der Waals surface area contributed by atoms with E-state index in [1.807, 2.05) is 68.4 Å². The van der Waals surface area contributed by atoms with E-state index in [2.05, 4.69) is 4.72 Å². The highest BCUT2D eigenvalue weighted by Gasteiger charge is 2.13. The Kier molecular flexibility index (Phi) is 6.14. The fourth-order valence-electron chi connectivity index (χ4n) is 2.96. The molecule has 0 fully saturated rings. The SMILES string of the molecule is CC(C)Oc1cccc(CCCNS(=O)(=O)c2ccc3ccccc3c2)c1. The monoisotopic (exact) mass is 383 g/mol. The molecule has 0 spiro atoms. The molecule has 5 heteroatoms. The number of hydrogen-bond acceptors (Lipinski definition) is 3. The highest BCUT2D eigenvalue weighted by atomic mass is 32.2. The Morgan fingerprint density at radius 1 is 0.926 bits per heavy atom. The van der Waals surface area contributed by atoms with Gasteiger partial charge < -0.3 is 4.74 Å². The van der Waals surface area contributed by atoms with Gasteiger partial charge in [-0.25, -0.2) is 13.1 Å². The molecule has 27 heavy (non-hydrogen) atoms. The maximum absolute atomic E-state index is 12.5. The van der Waals surface area contributed by atoms with Crippen molar-refractivity contribution in [2.24, 2.45) is 0 Å². The molecular formula is C22H25NO3S. The fourth-order valence-corrected chi connectivity index (χ4v) is 4.07. The Balaban J connectivity index is 1.57. The second-order valence-electron chi connectivity index (χ2n) is 6.82. The summed E-state index contributed by atoms with van der Waals surface area (Å²) in [6.45, 7) is 4.38. The van der Waals surface area contributed by atoms with Gasteiger partial charge in [0.15, 0.2) is 0 Å². The molecule has 0 saturated heterocycles. The van der Waals surface area contributed by atoms with Gasteiger partial charge in [-0.15, -0.1) is 0 Å². The van der Waals surface area contributed by atoms with E-state index in [1.165, 1.54) is 0 Å². The molecule has 142 valence electrons. The van der Waals surface area contributed by atoms with Crippen molar-refractivity contribution in [2.75, 3.05) is 6.54 Å². The fraction of sp³-hybridized carbons (Fsp3) is 0.273. The predicted octanol–water partition coefficient (Wildman–Crippen LogP) is 4.54. The third-order valence-electron chi connectivity index (χ3n) is 4.24. The van der Waals surface area contributed by atoms with E-state index in [9.17, 15) is 8.42 Å². The molecule has 1 N–H and O–H groups in total. The molecule has 4 nitrogen and oxygen atoms in total. The topological polar surface area (TPSA) is 55.4 Å². The van der Waals surface area contributed by atoms with Gasteiger partial charge in [0.2, 0.25) is 10.0 Å².